The monoisotopic (exact) mass is 570 g/mol. The summed E-state index contributed by atoms with van der Waals surface area (Å²) in [5.74, 6) is -6.70. The van der Waals surface area contributed by atoms with Gasteiger partial charge in [-0.25, -0.2) is 14.0 Å². The molecule has 216 valence electrons. The van der Waals surface area contributed by atoms with Crippen LogP contribution in [0.15, 0.2) is 24.4 Å². The number of likely N-dealkylation sites (N-methyl/N-ethyl adjacent to an activating group) is 1. The Morgan fingerprint density at radius 1 is 1.27 bits per heavy atom. The van der Waals surface area contributed by atoms with Gasteiger partial charge in [-0.15, -0.1) is 0 Å². The number of nitrogens with one attached hydrogen (secondary N) is 1. The minimum absolute atomic E-state index is 0.0202. The van der Waals surface area contributed by atoms with E-state index < -0.39 is 78.3 Å². The molecule has 15 heteroatoms. The predicted octanol–water partition coefficient (Wildman–Crippen LogP) is 1.21. The van der Waals surface area contributed by atoms with Crippen LogP contribution in [-0.2, 0) is 20.8 Å². The number of piperazine rings is 1. The number of imide groups is 1. The zero-order valence-electron chi connectivity index (χ0n) is 22.5. The van der Waals surface area contributed by atoms with Gasteiger partial charge in [-0.1, -0.05) is 12.1 Å². The van der Waals surface area contributed by atoms with Crippen LogP contribution in [0.3, 0.4) is 0 Å². The summed E-state index contributed by atoms with van der Waals surface area (Å²) in [5.41, 5.74) is 0.160. The van der Waals surface area contributed by atoms with E-state index >= 15 is 0 Å². The number of carbonyl (C=O) groups excluding carboxylic acids is 4. The Balaban J connectivity index is 1.61. The number of rotatable bonds is 7. The van der Waals surface area contributed by atoms with Crippen molar-refractivity contribution >= 4 is 36.7 Å². The number of benzene rings is 1. The minimum Gasteiger partial charge on any atom is -0.535 e. The number of pyridine rings is 1. The van der Waals surface area contributed by atoms with Crippen molar-refractivity contribution in [3.63, 3.8) is 0 Å². The highest BCUT2D eigenvalue weighted by Gasteiger charge is 2.43. The first-order valence-electron chi connectivity index (χ1n) is 12.8. The standard InChI is InChI=1S/C26H28BFN4O9/c1-4-31-11-13(3)32(24(36)23(31)35)26(39)30-21(20-17(28)9-16(33)10-29-20)18(34)8-15-7-14-6-5-12(2)19(25(37)38)22(14)41-27(15)40/h5-6,9-10,13,15,21,33,40H,4,7-8,11H2,1-3H3,(H,30,39)(H,37,38)/t13-,15+,21?/m0/s1. The van der Waals surface area contributed by atoms with E-state index in [1.165, 1.54) is 11.8 Å². The fourth-order valence-electron chi connectivity index (χ4n) is 5.07. The molecule has 3 atom stereocenters. The van der Waals surface area contributed by atoms with E-state index in [0.29, 0.717) is 22.1 Å². The first kappa shape index (κ1) is 29.5. The molecule has 0 aliphatic carbocycles. The number of halogens is 1. The van der Waals surface area contributed by atoms with Gasteiger partial charge in [0.15, 0.2) is 11.6 Å². The molecule has 1 unspecified atom stereocenters. The number of aryl methyl sites for hydroxylation is 1. The van der Waals surface area contributed by atoms with Gasteiger partial charge in [0.05, 0.1) is 12.2 Å². The molecule has 1 aromatic carbocycles. The van der Waals surface area contributed by atoms with E-state index in [1.54, 1.807) is 26.0 Å². The normalized spacial score (nSPS) is 19.4. The molecule has 3 heterocycles. The Kier molecular flexibility index (Phi) is 8.28. The predicted molar refractivity (Wildman–Crippen MR) is 140 cm³/mol. The zero-order valence-corrected chi connectivity index (χ0v) is 22.5. The summed E-state index contributed by atoms with van der Waals surface area (Å²) in [4.78, 5) is 69.3. The van der Waals surface area contributed by atoms with E-state index in [-0.39, 0.29) is 30.8 Å². The molecule has 41 heavy (non-hydrogen) atoms. The van der Waals surface area contributed by atoms with E-state index in [4.69, 9.17) is 4.65 Å². The summed E-state index contributed by atoms with van der Waals surface area (Å²) >= 11 is 0. The molecule has 0 spiro atoms. The van der Waals surface area contributed by atoms with Crippen LogP contribution >= 0.6 is 0 Å². The van der Waals surface area contributed by atoms with Crippen molar-refractivity contribution in [1.82, 2.24) is 20.1 Å². The second-order valence-corrected chi connectivity index (χ2v) is 10.0. The second-order valence-electron chi connectivity index (χ2n) is 10.0. The number of hydrogen-bond acceptors (Lipinski definition) is 9. The molecule has 1 aromatic heterocycles. The number of nitrogens with zero attached hydrogens (tertiary/aromatic N) is 3. The summed E-state index contributed by atoms with van der Waals surface area (Å²) in [6.07, 6.45) is 0.417. The van der Waals surface area contributed by atoms with Crippen LogP contribution < -0.4 is 9.97 Å². The van der Waals surface area contributed by atoms with Crippen LogP contribution in [0, 0.1) is 12.7 Å². The minimum atomic E-state index is -1.77. The smallest absolute Gasteiger partial charge is 0.526 e. The average molecular weight is 570 g/mol. The number of fused-ring (bicyclic) bond motifs is 1. The first-order valence-corrected chi connectivity index (χ1v) is 12.8. The summed E-state index contributed by atoms with van der Waals surface area (Å²) in [7, 11) is -1.61. The summed E-state index contributed by atoms with van der Waals surface area (Å²) in [5, 5.41) is 32.1. The topological polar surface area (TPSA) is 187 Å². The Bertz CT molecular complexity index is 1440. The fraction of sp³-hybridized carbons (Fsp3) is 0.385. The first-order chi connectivity index (χ1) is 19.3. The molecular formula is C26H28BFN4O9. The van der Waals surface area contributed by atoms with Gasteiger partial charge in [-0.3, -0.25) is 24.3 Å². The molecule has 0 bridgehead atoms. The van der Waals surface area contributed by atoms with E-state index in [0.717, 1.165) is 6.20 Å². The Morgan fingerprint density at radius 2 is 1.98 bits per heavy atom. The Morgan fingerprint density at radius 3 is 2.61 bits per heavy atom. The molecule has 2 aliphatic rings. The van der Waals surface area contributed by atoms with Gasteiger partial charge in [-0.05, 0) is 38.3 Å². The van der Waals surface area contributed by atoms with Crippen molar-refractivity contribution in [2.45, 2.75) is 51.5 Å². The number of carbonyl (C=O) groups is 5. The SMILES string of the molecule is CCN1C[C@H](C)N(C(=O)NC(C(=O)C[C@H]2Cc3ccc(C)c(C(=O)O)c3OB2O)c2ncc(O)cc2F)C(=O)C1=O. The van der Waals surface area contributed by atoms with Gasteiger partial charge in [0.2, 0.25) is 0 Å². The summed E-state index contributed by atoms with van der Waals surface area (Å²) < 4.78 is 20.4. The maximum Gasteiger partial charge on any atom is 0.526 e. The third-order valence-corrected chi connectivity index (χ3v) is 7.18. The van der Waals surface area contributed by atoms with E-state index in [1.807, 2.05) is 0 Å². The van der Waals surface area contributed by atoms with Crippen molar-refractivity contribution in [3.05, 3.63) is 52.6 Å². The maximum atomic E-state index is 14.9. The highest BCUT2D eigenvalue weighted by Crippen LogP contribution is 2.38. The highest BCUT2D eigenvalue weighted by atomic mass is 19.1. The third kappa shape index (κ3) is 5.70. The number of hydrogen-bond donors (Lipinski definition) is 4. The van der Waals surface area contributed by atoms with Gasteiger partial charge >= 0.3 is 30.9 Å². The van der Waals surface area contributed by atoms with Gasteiger partial charge in [0, 0.05) is 31.4 Å². The Labute approximate surface area is 234 Å². The molecule has 4 amide bonds. The van der Waals surface area contributed by atoms with Crippen LogP contribution in [0.2, 0.25) is 5.82 Å². The number of Topliss-reactive ketones (excluding diaryl/α,β-unsaturated/α-hetero) is 1. The molecule has 4 N–H and O–H groups in total. The molecular weight excluding hydrogens is 542 g/mol. The van der Waals surface area contributed by atoms with Crippen LogP contribution in [0.1, 0.15) is 53.5 Å². The number of carboxylic acid groups (broad SMARTS) is 1. The quantitative estimate of drug-likeness (QED) is 0.278. The number of amides is 4. The number of aromatic carboxylic acids is 1. The van der Waals surface area contributed by atoms with Crippen LogP contribution in [0.25, 0.3) is 0 Å². The lowest BCUT2D eigenvalue weighted by molar-refractivity contribution is -0.155. The largest absolute Gasteiger partial charge is 0.535 e. The molecule has 4 rings (SSSR count). The number of aromatic nitrogens is 1. The molecule has 2 aromatic rings. The zero-order chi connectivity index (χ0) is 30.2. The third-order valence-electron chi connectivity index (χ3n) is 7.18. The molecule has 0 radical (unpaired) electrons. The van der Waals surface area contributed by atoms with Gasteiger partial charge < -0.3 is 30.1 Å². The van der Waals surface area contributed by atoms with Crippen molar-refractivity contribution in [2.75, 3.05) is 13.1 Å². The number of carboxylic acids is 1. The lowest BCUT2D eigenvalue weighted by Crippen LogP contribution is -2.62. The van der Waals surface area contributed by atoms with E-state index in [2.05, 4.69) is 10.3 Å². The Hall–Kier alpha value is -4.53. The second kappa shape index (κ2) is 11.5. The summed E-state index contributed by atoms with van der Waals surface area (Å²) in [6.45, 7) is 5.08. The van der Waals surface area contributed by atoms with Crippen LogP contribution in [0.5, 0.6) is 11.5 Å². The van der Waals surface area contributed by atoms with Crippen molar-refractivity contribution < 1.29 is 48.3 Å². The van der Waals surface area contributed by atoms with E-state index in [9.17, 15) is 43.6 Å². The number of urea groups is 1. The maximum absolute atomic E-state index is 14.9. The van der Waals surface area contributed by atoms with Gasteiger partial charge in [0.25, 0.3) is 0 Å². The lowest BCUT2D eigenvalue weighted by atomic mass is 9.64. The fourth-order valence-corrected chi connectivity index (χ4v) is 5.07. The van der Waals surface area contributed by atoms with Crippen LogP contribution in [-0.4, -0.2) is 85.9 Å². The summed E-state index contributed by atoms with van der Waals surface area (Å²) in [6, 6.07) is 0.205. The average Bonchev–Trinajstić information content (AvgIpc) is 2.90. The number of ketones is 1. The van der Waals surface area contributed by atoms with Crippen LogP contribution in [0.4, 0.5) is 9.18 Å². The van der Waals surface area contributed by atoms with Crippen molar-refractivity contribution in [3.8, 4) is 11.5 Å². The molecule has 1 saturated heterocycles. The molecule has 1 fully saturated rings. The lowest BCUT2D eigenvalue weighted by Gasteiger charge is -2.37. The molecule has 2 aliphatic heterocycles. The molecule has 13 nitrogen and oxygen atoms in total. The highest BCUT2D eigenvalue weighted by molar-refractivity contribution is 6.47. The van der Waals surface area contributed by atoms with Gasteiger partial charge in [-0.2, -0.15) is 0 Å². The van der Waals surface area contributed by atoms with Gasteiger partial charge in [0.1, 0.15) is 28.8 Å². The number of aromatic hydroxyl groups is 1. The van der Waals surface area contributed by atoms with Crippen molar-refractivity contribution in [2.24, 2.45) is 0 Å². The molecule has 0 saturated carbocycles. The van der Waals surface area contributed by atoms with Crippen molar-refractivity contribution in [1.29, 1.82) is 0 Å².